The molecular formula is C24H26N4O4. The van der Waals surface area contributed by atoms with Gasteiger partial charge in [-0.1, -0.05) is 37.5 Å². The summed E-state index contributed by atoms with van der Waals surface area (Å²) in [6, 6.07) is 12.0. The first-order chi connectivity index (χ1) is 15.5. The lowest BCUT2D eigenvalue weighted by Gasteiger charge is -2.32. The van der Waals surface area contributed by atoms with Gasteiger partial charge in [0.1, 0.15) is 0 Å². The Morgan fingerprint density at radius 1 is 1.03 bits per heavy atom. The summed E-state index contributed by atoms with van der Waals surface area (Å²) >= 11 is 0. The van der Waals surface area contributed by atoms with Crippen LogP contribution in [0.2, 0.25) is 0 Å². The lowest BCUT2D eigenvalue weighted by Crippen LogP contribution is -2.44. The highest BCUT2D eigenvalue weighted by molar-refractivity contribution is 6.07. The highest BCUT2D eigenvalue weighted by atomic mass is 16.7. The van der Waals surface area contributed by atoms with Crippen molar-refractivity contribution in [2.45, 2.75) is 56.8 Å². The first-order valence-electron chi connectivity index (χ1n) is 11.1. The van der Waals surface area contributed by atoms with Crippen molar-refractivity contribution in [3.63, 3.8) is 0 Å². The number of hydrogen-bond acceptors (Lipinski definition) is 6. The molecule has 8 nitrogen and oxygen atoms in total. The number of amides is 3. The molecule has 0 bridgehead atoms. The summed E-state index contributed by atoms with van der Waals surface area (Å²) in [5, 5.41) is 1.69. The van der Waals surface area contributed by atoms with Crippen molar-refractivity contribution < 1.29 is 19.2 Å². The first kappa shape index (κ1) is 20.8. The maximum Gasteiger partial charge on any atom is 0.261 e. The zero-order valence-electron chi connectivity index (χ0n) is 17.7. The number of imide groups is 1. The summed E-state index contributed by atoms with van der Waals surface area (Å²) in [6.45, 7) is 0.345. The first-order valence-corrected chi connectivity index (χ1v) is 11.1. The Hall–Kier alpha value is -3.10. The largest absolute Gasteiger partial charge is 0.366 e. The summed E-state index contributed by atoms with van der Waals surface area (Å²) in [5.74, 6) is -1.51. The molecule has 2 saturated heterocycles. The monoisotopic (exact) mass is 434 g/mol. The van der Waals surface area contributed by atoms with Crippen LogP contribution in [0.1, 0.15) is 59.8 Å². The van der Waals surface area contributed by atoms with Gasteiger partial charge in [0.2, 0.25) is 11.8 Å². The number of benzene rings is 1. The van der Waals surface area contributed by atoms with E-state index in [1.807, 2.05) is 18.2 Å². The molecule has 32 heavy (non-hydrogen) atoms. The topological polar surface area (TPSA) is 106 Å². The van der Waals surface area contributed by atoms with Crippen molar-refractivity contribution in [1.82, 2.24) is 14.9 Å². The van der Waals surface area contributed by atoms with Crippen LogP contribution >= 0.6 is 0 Å². The third kappa shape index (κ3) is 3.59. The maximum absolute atomic E-state index is 13.5. The molecule has 3 fully saturated rings. The molecule has 1 aromatic heterocycles. The van der Waals surface area contributed by atoms with Crippen LogP contribution in [0, 0.1) is 5.92 Å². The molecule has 166 valence electrons. The van der Waals surface area contributed by atoms with E-state index in [1.54, 1.807) is 35.5 Å². The zero-order chi connectivity index (χ0) is 22.2. The van der Waals surface area contributed by atoms with E-state index < -0.39 is 24.0 Å². The summed E-state index contributed by atoms with van der Waals surface area (Å²) in [7, 11) is 0. The minimum Gasteiger partial charge on any atom is -0.366 e. The highest BCUT2D eigenvalue weighted by Gasteiger charge is 2.61. The average Bonchev–Trinajstić information content (AvgIpc) is 3.30. The van der Waals surface area contributed by atoms with E-state index in [9.17, 15) is 14.4 Å². The van der Waals surface area contributed by atoms with E-state index in [0.717, 1.165) is 37.7 Å². The van der Waals surface area contributed by atoms with E-state index in [-0.39, 0.29) is 17.9 Å². The number of fused-ring (bicyclic) bond motifs is 1. The molecule has 0 spiro atoms. The summed E-state index contributed by atoms with van der Waals surface area (Å²) < 4.78 is 0. The number of primary amides is 1. The van der Waals surface area contributed by atoms with Gasteiger partial charge in [0.05, 0.1) is 17.7 Å². The lowest BCUT2D eigenvalue weighted by atomic mass is 9.92. The number of aromatic nitrogens is 1. The van der Waals surface area contributed by atoms with Gasteiger partial charge >= 0.3 is 0 Å². The van der Waals surface area contributed by atoms with Crippen LogP contribution in [0.25, 0.3) is 0 Å². The number of hydroxylamine groups is 2. The van der Waals surface area contributed by atoms with Crippen molar-refractivity contribution in [1.29, 1.82) is 0 Å². The Bertz CT molecular complexity index is 1020. The molecule has 3 amide bonds. The van der Waals surface area contributed by atoms with Crippen molar-refractivity contribution >= 4 is 17.7 Å². The number of hydrogen-bond donors (Lipinski definition) is 1. The van der Waals surface area contributed by atoms with Gasteiger partial charge in [0, 0.05) is 24.3 Å². The fraction of sp³-hybridized carbons (Fsp3) is 0.417. The SMILES string of the molecule is NC(=O)c1ccc(CN2OC3C(=O)N(C4CCCCC4)C(=O)C3C2c2ccccn2)cc1. The van der Waals surface area contributed by atoms with Gasteiger partial charge in [-0.3, -0.25) is 29.1 Å². The Balaban J connectivity index is 1.44. The summed E-state index contributed by atoms with van der Waals surface area (Å²) in [6.07, 6.45) is 5.80. The minimum absolute atomic E-state index is 0.0304. The van der Waals surface area contributed by atoms with Crippen LogP contribution < -0.4 is 5.73 Å². The highest BCUT2D eigenvalue weighted by Crippen LogP contribution is 2.46. The molecule has 0 radical (unpaired) electrons. The molecule has 3 heterocycles. The normalized spacial score (nSPS) is 26.5. The second-order valence-electron chi connectivity index (χ2n) is 8.73. The van der Waals surface area contributed by atoms with Crippen molar-refractivity contribution in [3.05, 3.63) is 65.5 Å². The lowest BCUT2D eigenvalue weighted by molar-refractivity contribution is -0.185. The second kappa shape index (κ2) is 8.44. The standard InChI is InChI=1S/C24H26N4O4/c25-22(29)16-11-9-15(10-12-16)14-27-20(18-8-4-5-13-26-18)19-21(32-27)24(31)28(23(19)30)17-6-2-1-3-7-17/h4-5,8-13,17,19-21H,1-3,6-7,14H2,(H2,25,29). The van der Waals surface area contributed by atoms with Gasteiger partial charge in [-0.05, 0) is 42.7 Å². The molecule has 3 atom stereocenters. The van der Waals surface area contributed by atoms with Gasteiger partial charge in [-0.15, -0.1) is 0 Å². The number of carbonyl (C=O) groups excluding carboxylic acids is 3. The quantitative estimate of drug-likeness (QED) is 0.724. The van der Waals surface area contributed by atoms with Crippen LogP contribution in [0.15, 0.2) is 48.7 Å². The molecule has 5 rings (SSSR count). The average molecular weight is 434 g/mol. The zero-order valence-corrected chi connectivity index (χ0v) is 17.7. The van der Waals surface area contributed by atoms with Crippen LogP contribution in [-0.2, 0) is 21.0 Å². The molecule has 1 aliphatic carbocycles. The Kier molecular flexibility index (Phi) is 5.48. The minimum atomic E-state index is -0.832. The van der Waals surface area contributed by atoms with Crippen LogP contribution in [0.3, 0.4) is 0 Å². The van der Waals surface area contributed by atoms with Gasteiger partial charge in [0.15, 0.2) is 6.10 Å². The summed E-state index contributed by atoms with van der Waals surface area (Å²) in [5.41, 5.74) is 7.32. The van der Waals surface area contributed by atoms with E-state index in [1.165, 1.54) is 4.90 Å². The van der Waals surface area contributed by atoms with Crippen LogP contribution in [0.4, 0.5) is 0 Å². The fourth-order valence-electron chi connectivity index (χ4n) is 5.16. The van der Waals surface area contributed by atoms with Crippen LogP contribution in [-0.4, -0.2) is 44.8 Å². The number of likely N-dealkylation sites (tertiary alicyclic amines) is 1. The molecule has 2 aliphatic heterocycles. The molecule has 3 unspecified atom stereocenters. The third-order valence-electron chi connectivity index (χ3n) is 6.74. The molecule has 1 aromatic carbocycles. The van der Waals surface area contributed by atoms with Gasteiger partial charge in [-0.25, -0.2) is 0 Å². The summed E-state index contributed by atoms with van der Waals surface area (Å²) in [4.78, 5) is 50.2. The second-order valence-corrected chi connectivity index (χ2v) is 8.73. The van der Waals surface area contributed by atoms with Crippen molar-refractivity contribution in [2.24, 2.45) is 11.7 Å². The van der Waals surface area contributed by atoms with E-state index in [2.05, 4.69) is 4.98 Å². The Morgan fingerprint density at radius 3 is 2.44 bits per heavy atom. The number of carbonyl (C=O) groups is 3. The van der Waals surface area contributed by atoms with Crippen molar-refractivity contribution in [2.75, 3.05) is 0 Å². The molecular weight excluding hydrogens is 408 g/mol. The smallest absolute Gasteiger partial charge is 0.261 e. The number of nitrogens with zero attached hydrogens (tertiary/aromatic N) is 3. The van der Waals surface area contributed by atoms with Gasteiger partial charge in [0.25, 0.3) is 5.91 Å². The van der Waals surface area contributed by atoms with Gasteiger partial charge < -0.3 is 5.73 Å². The van der Waals surface area contributed by atoms with E-state index >= 15 is 0 Å². The Morgan fingerprint density at radius 2 is 1.78 bits per heavy atom. The number of rotatable bonds is 5. The van der Waals surface area contributed by atoms with Crippen LogP contribution in [0.5, 0.6) is 0 Å². The molecule has 2 N–H and O–H groups in total. The number of pyridine rings is 1. The predicted molar refractivity (Wildman–Crippen MR) is 115 cm³/mol. The van der Waals surface area contributed by atoms with E-state index in [4.69, 9.17) is 10.6 Å². The van der Waals surface area contributed by atoms with E-state index in [0.29, 0.717) is 17.8 Å². The Labute approximate surface area is 186 Å². The number of nitrogens with two attached hydrogens (primary N) is 1. The molecule has 8 heteroatoms. The predicted octanol–water partition coefficient (Wildman–Crippen LogP) is 2.36. The molecule has 1 saturated carbocycles. The molecule has 3 aliphatic rings. The molecule has 2 aromatic rings. The third-order valence-corrected chi connectivity index (χ3v) is 6.74. The van der Waals surface area contributed by atoms with Gasteiger partial charge in [-0.2, -0.15) is 5.06 Å². The fourth-order valence-corrected chi connectivity index (χ4v) is 5.16. The van der Waals surface area contributed by atoms with Crippen molar-refractivity contribution in [3.8, 4) is 0 Å². The maximum atomic E-state index is 13.5.